The number of halogens is 6. The van der Waals surface area contributed by atoms with Crippen LogP contribution in [0.15, 0.2) is 30.7 Å². The average molecular weight is 514 g/mol. The number of carbonyl (C=O) groups excluding carboxylic acids is 1. The predicted octanol–water partition coefficient (Wildman–Crippen LogP) is 4.27. The number of imidazole rings is 1. The fraction of sp³-hybridized carbons (Fsp3) is 0.522. The Kier molecular flexibility index (Phi) is 5.60. The Morgan fingerprint density at radius 2 is 1.86 bits per heavy atom. The first kappa shape index (κ1) is 24.6. The number of nitrogens with one attached hydrogen (secondary N) is 1. The number of alkyl halides is 6. The van der Waals surface area contributed by atoms with Crippen molar-refractivity contribution in [3.05, 3.63) is 41.9 Å². The van der Waals surface area contributed by atoms with Crippen molar-refractivity contribution >= 4 is 5.91 Å². The third-order valence-corrected chi connectivity index (χ3v) is 7.08. The number of amides is 1. The number of nitrogens with zero attached hydrogens (tertiary/aromatic N) is 3. The molecule has 1 heterocycles. The van der Waals surface area contributed by atoms with Gasteiger partial charge in [0.1, 0.15) is 6.61 Å². The summed E-state index contributed by atoms with van der Waals surface area (Å²) < 4.78 is 86.4. The van der Waals surface area contributed by atoms with Crippen molar-refractivity contribution < 1.29 is 40.6 Å². The van der Waals surface area contributed by atoms with Gasteiger partial charge in [0, 0.05) is 30.1 Å². The Hall–Kier alpha value is -3.11. The number of carbonyl (C=O) groups is 1. The van der Waals surface area contributed by atoms with E-state index in [2.05, 4.69) is 15.0 Å². The molecule has 4 aliphatic rings. The number of hydrogen-bond acceptors (Lipinski definition) is 5. The predicted molar refractivity (Wildman–Crippen MR) is 110 cm³/mol. The molecule has 4 saturated carbocycles. The quantitative estimate of drug-likeness (QED) is 0.558. The lowest BCUT2D eigenvalue weighted by atomic mass is 9.44. The van der Waals surface area contributed by atoms with Crippen molar-refractivity contribution in [3.63, 3.8) is 0 Å². The zero-order valence-corrected chi connectivity index (χ0v) is 18.6. The van der Waals surface area contributed by atoms with E-state index in [4.69, 9.17) is 4.74 Å². The Balaban J connectivity index is 1.12. The van der Waals surface area contributed by atoms with Crippen molar-refractivity contribution in [1.29, 1.82) is 5.26 Å². The third kappa shape index (κ3) is 4.55. The van der Waals surface area contributed by atoms with Gasteiger partial charge in [0.15, 0.2) is 0 Å². The summed E-state index contributed by atoms with van der Waals surface area (Å²) in [7, 11) is 0. The molecule has 1 aromatic heterocycles. The van der Waals surface area contributed by atoms with Gasteiger partial charge in [-0.05, 0) is 31.4 Å². The van der Waals surface area contributed by atoms with E-state index >= 15 is 0 Å². The van der Waals surface area contributed by atoms with Crippen molar-refractivity contribution in [2.45, 2.75) is 67.9 Å². The van der Waals surface area contributed by atoms with Gasteiger partial charge >= 0.3 is 12.5 Å². The number of rotatable bonds is 7. The van der Waals surface area contributed by atoms with Crippen LogP contribution in [0.25, 0.3) is 11.3 Å². The van der Waals surface area contributed by atoms with E-state index in [9.17, 15) is 36.4 Å². The Morgan fingerprint density at radius 3 is 2.47 bits per heavy atom. The molecule has 7 nitrogen and oxygen atoms in total. The van der Waals surface area contributed by atoms with E-state index in [0.717, 1.165) is 12.1 Å². The lowest BCUT2D eigenvalue weighted by molar-refractivity contribution is -0.357. The van der Waals surface area contributed by atoms with Crippen molar-refractivity contribution in [3.8, 4) is 17.3 Å². The summed E-state index contributed by atoms with van der Waals surface area (Å²) in [5, 5.41) is 12.2. The highest BCUT2D eigenvalue weighted by Gasteiger charge is 2.69. The van der Waals surface area contributed by atoms with Gasteiger partial charge in [-0.1, -0.05) is 6.07 Å². The number of ether oxygens (including phenoxy) is 2. The molecule has 0 saturated heterocycles. The average Bonchev–Trinajstić information content (AvgIpc) is 3.18. The minimum atomic E-state index is -4.68. The van der Waals surface area contributed by atoms with Gasteiger partial charge in [0.2, 0.25) is 5.91 Å². The number of aromatic nitrogens is 2. The highest BCUT2D eigenvalue weighted by atomic mass is 19.4. The molecule has 1 aromatic carbocycles. The zero-order valence-electron chi connectivity index (χ0n) is 18.6. The number of nitriles is 1. The van der Waals surface area contributed by atoms with Gasteiger partial charge in [0.25, 0.3) is 0 Å². The standard InChI is InChI=1S/C23H20F6N4O3/c24-22(25,26)14-1-2-17(13(3-14)6-30)18-7-33(12-31-18)21-9-20(10-21,11-21)32-19(34)8-35-15-4-16(5-15)36-23(27,28)29/h1-3,7,12,15-16H,4-5,8-11H2,(H,32,34). The van der Waals surface area contributed by atoms with Crippen LogP contribution in [0.2, 0.25) is 0 Å². The molecule has 13 heteroatoms. The number of benzene rings is 1. The first-order valence-electron chi connectivity index (χ1n) is 11.1. The molecule has 0 spiro atoms. The van der Waals surface area contributed by atoms with E-state index in [0.29, 0.717) is 30.5 Å². The molecule has 4 fully saturated rings. The van der Waals surface area contributed by atoms with Gasteiger partial charge in [-0.15, -0.1) is 13.2 Å². The smallest absolute Gasteiger partial charge is 0.368 e. The second-order valence-corrected chi connectivity index (χ2v) is 9.71. The Labute approximate surface area is 201 Å². The zero-order chi connectivity index (χ0) is 25.9. The molecule has 0 radical (unpaired) electrons. The monoisotopic (exact) mass is 514 g/mol. The normalized spacial score (nSPS) is 28.9. The summed E-state index contributed by atoms with van der Waals surface area (Å²) in [4.78, 5) is 16.5. The molecule has 0 unspecified atom stereocenters. The lowest BCUT2D eigenvalue weighted by Gasteiger charge is -2.70. The fourth-order valence-electron chi connectivity index (χ4n) is 5.36. The van der Waals surface area contributed by atoms with E-state index in [1.807, 2.05) is 4.57 Å². The van der Waals surface area contributed by atoms with Gasteiger partial charge in [-0.25, -0.2) is 4.98 Å². The molecule has 36 heavy (non-hydrogen) atoms. The first-order valence-corrected chi connectivity index (χ1v) is 11.1. The molecule has 1 N–H and O–H groups in total. The molecule has 2 aromatic rings. The van der Waals surface area contributed by atoms with Crippen LogP contribution < -0.4 is 5.32 Å². The number of hydrogen-bond donors (Lipinski definition) is 1. The van der Waals surface area contributed by atoms with Gasteiger partial charge < -0.3 is 14.6 Å². The summed E-state index contributed by atoms with van der Waals surface area (Å²) >= 11 is 0. The van der Waals surface area contributed by atoms with E-state index < -0.39 is 35.8 Å². The molecule has 0 atom stereocenters. The van der Waals surface area contributed by atoms with Gasteiger partial charge in [-0.2, -0.15) is 18.4 Å². The van der Waals surface area contributed by atoms with Crippen LogP contribution in [0.1, 0.15) is 43.2 Å². The van der Waals surface area contributed by atoms with E-state index in [1.165, 1.54) is 6.07 Å². The summed E-state index contributed by atoms with van der Waals surface area (Å²) in [6, 6.07) is 4.74. The first-order chi connectivity index (χ1) is 16.8. The van der Waals surface area contributed by atoms with Crippen LogP contribution in [0, 0.1) is 11.3 Å². The Morgan fingerprint density at radius 1 is 1.17 bits per heavy atom. The molecular formula is C23H20F6N4O3. The molecule has 0 aliphatic heterocycles. The summed E-state index contributed by atoms with van der Waals surface area (Å²) in [5.41, 5.74) is -1.01. The van der Waals surface area contributed by atoms with Gasteiger partial charge in [0.05, 0.1) is 47.0 Å². The van der Waals surface area contributed by atoms with Crippen molar-refractivity contribution in [1.82, 2.24) is 14.9 Å². The maximum atomic E-state index is 13.0. The van der Waals surface area contributed by atoms with Crippen LogP contribution in [-0.4, -0.2) is 46.2 Å². The second kappa shape index (κ2) is 8.21. The topological polar surface area (TPSA) is 89.2 Å². The minimum Gasteiger partial charge on any atom is -0.368 e. The maximum Gasteiger partial charge on any atom is 0.522 e. The minimum absolute atomic E-state index is 0.0798. The van der Waals surface area contributed by atoms with Crippen LogP contribution in [-0.2, 0) is 26.0 Å². The van der Waals surface area contributed by atoms with Crippen molar-refractivity contribution in [2.75, 3.05) is 6.61 Å². The molecule has 192 valence electrons. The van der Waals surface area contributed by atoms with Crippen LogP contribution in [0.4, 0.5) is 26.3 Å². The SMILES string of the molecule is N#Cc1cc(C(F)(F)F)ccc1-c1cn(C23CC(NC(=O)COC4CC(OC(F)(F)F)C4)(C2)C3)cn1. The molecule has 2 bridgehead atoms. The second-order valence-electron chi connectivity index (χ2n) is 9.71. The molecule has 4 aliphatic carbocycles. The molecule has 1 amide bonds. The largest absolute Gasteiger partial charge is 0.522 e. The van der Waals surface area contributed by atoms with Crippen LogP contribution in [0.5, 0.6) is 0 Å². The van der Waals surface area contributed by atoms with Crippen molar-refractivity contribution in [2.24, 2.45) is 0 Å². The van der Waals surface area contributed by atoms with Crippen LogP contribution in [0.3, 0.4) is 0 Å². The Bertz CT molecular complexity index is 1210. The fourth-order valence-corrected chi connectivity index (χ4v) is 5.36. The molecule has 6 rings (SSSR count). The summed E-state index contributed by atoms with van der Waals surface area (Å²) in [6.45, 7) is -0.252. The third-order valence-electron chi connectivity index (χ3n) is 7.08. The lowest BCUT2D eigenvalue weighted by Crippen LogP contribution is -2.78. The summed E-state index contributed by atoms with van der Waals surface area (Å²) in [6.07, 6.45) is -5.32. The van der Waals surface area contributed by atoms with Crippen LogP contribution >= 0.6 is 0 Å². The maximum absolute atomic E-state index is 13.0. The van der Waals surface area contributed by atoms with Gasteiger partial charge in [-0.3, -0.25) is 9.53 Å². The summed E-state index contributed by atoms with van der Waals surface area (Å²) in [5.74, 6) is -0.349. The van der Waals surface area contributed by atoms with E-state index in [1.54, 1.807) is 18.6 Å². The molecular weight excluding hydrogens is 494 g/mol. The highest BCUT2D eigenvalue weighted by molar-refractivity contribution is 5.79. The highest BCUT2D eigenvalue weighted by Crippen LogP contribution is 2.65. The van der Waals surface area contributed by atoms with E-state index in [-0.39, 0.29) is 36.5 Å².